The highest BCUT2D eigenvalue weighted by Crippen LogP contribution is 2.23. The van der Waals surface area contributed by atoms with Crippen molar-refractivity contribution in [2.75, 3.05) is 10.6 Å². The number of carbonyl (C=O) groups excluding carboxylic acids is 1. The summed E-state index contributed by atoms with van der Waals surface area (Å²) in [7, 11) is -3.66. The number of amides is 1. The van der Waals surface area contributed by atoms with Crippen LogP contribution in [0.2, 0.25) is 0 Å². The monoisotopic (exact) mass is 378 g/mol. The molecule has 1 amide bonds. The standard InChI is InChI=1S/C19H23FN2O3S/c1-4-18(19(23)21-13-15-8-10-16(20)11-9-15)22(26(3,24)25)17-7-5-6-14(2)12-17/h5-12,18H,4,13H2,1-3H3,(H,21,23)/t18-/m1/s1. The maximum atomic E-state index is 13.0. The lowest BCUT2D eigenvalue weighted by Gasteiger charge is -2.30. The summed E-state index contributed by atoms with van der Waals surface area (Å²) in [5.41, 5.74) is 2.09. The second kappa shape index (κ2) is 8.31. The lowest BCUT2D eigenvalue weighted by Crippen LogP contribution is -2.49. The van der Waals surface area contributed by atoms with Crippen molar-refractivity contribution in [2.24, 2.45) is 0 Å². The molecule has 140 valence electrons. The fourth-order valence-electron chi connectivity index (χ4n) is 2.73. The minimum absolute atomic E-state index is 0.195. The fourth-order valence-corrected chi connectivity index (χ4v) is 3.94. The lowest BCUT2D eigenvalue weighted by atomic mass is 10.1. The van der Waals surface area contributed by atoms with Crippen molar-refractivity contribution in [3.05, 3.63) is 65.5 Å². The molecule has 5 nitrogen and oxygen atoms in total. The van der Waals surface area contributed by atoms with Gasteiger partial charge in [0.05, 0.1) is 11.9 Å². The van der Waals surface area contributed by atoms with Crippen LogP contribution in [-0.4, -0.2) is 26.6 Å². The molecule has 2 aromatic rings. The van der Waals surface area contributed by atoms with Crippen LogP contribution in [0.3, 0.4) is 0 Å². The van der Waals surface area contributed by atoms with E-state index < -0.39 is 22.0 Å². The fraction of sp³-hybridized carbons (Fsp3) is 0.316. The number of aryl methyl sites for hydroxylation is 1. The Morgan fingerprint density at radius 3 is 2.38 bits per heavy atom. The molecule has 0 aliphatic rings. The molecule has 7 heteroatoms. The largest absolute Gasteiger partial charge is 0.350 e. The van der Waals surface area contributed by atoms with Crippen LogP contribution in [0.5, 0.6) is 0 Å². The van der Waals surface area contributed by atoms with E-state index in [1.54, 1.807) is 37.3 Å². The van der Waals surface area contributed by atoms with Gasteiger partial charge in [-0.25, -0.2) is 12.8 Å². The normalized spacial score (nSPS) is 12.5. The summed E-state index contributed by atoms with van der Waals surface area (Å²) >= 11 is 0. The van der Waals surface area contributed by atoms with Crippen molar-refractivity contribution in [1.82, 2.24) is 5.32 Å². The molecule has 1 N–H and O–H groups in total. The molecular formula is C19H23FN2O3S. The van der Waals surface area contributed by atoms with Crippen LogP contribution in [0.4, 0.5) is 10.1 Å². The van der Waals surface area contributed by atoms with Gasteiger partial charge in [0.15, 0.2) is 0 Å². The number of hydrogen-bond donors (Lipinski definition) is 1. The maximum absolute atomic E-state index is 13.0. The summed E-state index contributed by atoms with van der Waals surface area (Å²) < 4.78 is 38.8. The zero-order valence-corrected chi connectivity index (χ0v) is 15.9. The lowest BCUT2D eigenvalue weighted by molar-refractivity contribution is -0.122. The van der Waals surface area contributed by atoms with Crippen molar-refractivity contribution in [3.63, 3.8) is 0 Å². The summed E-state index contributed by atoms with van der Waals surface area (Å²) in [6.45, 7) is 3.82. The number of halogens is 1. The van der Waals surface area contributed by atoms with Crippen molar-refractivity contribution in [2.45, 2.75) is 32.9 Å². The average Bonchev–Trinajstić information content (AvgIpc) is 2.57. The van der Waals surface area contributed by atoms with E-state index in [1.807, 2.05) is 13.0 Å². The molecular weight excluding hydrogens is 355 g/mol. The third kappa shape index (κ3) is 5.05. The Labute approximate surface area is 153 Å². The molecule has 0 unspecified atom stereocenters. The second-order valence-corrected chi connectivity index (χ2v) is 8.03. The summed E-state index contributed by atoms with van der Waals surface area (Å²) in [5, 5.41) is 2.74. The number of rotatable bonds is 7. The van der Waals surface area contributed by atoms with E-state index in [0.29, 0.717) is 12.1 Å². The minimum atomic E-state index is -3.66. The summed E-state index contributed by atoms with van der Waals surface area (Å²) in [5.74, 6) is -0.752. The molecule has 26 heavy (non-hydrogen) atoms. The highest BCUT2D eigenvalue weighted by atomic mass is 32.2. The van der Waals surface area contributed by atoms with Gasteiger partial charge in [0.2, 0.25) is 15.9 Å². The molecule has 2 rings (SSSR count). The van der Waals surface area contributed by atoms with Gasteiger partial charge in [0, 0.05) is 6.54 Å². The van der Waals surface area contributed by atoms with Crippen LogP contribution in [0, 0.1) is 12.7 Å². The van der Waals surface area contributed by atoms with Crippen LogP contribution in [0.25, 0.3) is 0 Å². The Morgan fingerprint density at radius 2 is 1.85 bits per heavy atom. The first-order valence-corrected chi connectivity index (χ1v) is 10.2. The van der Waals surface area contributed by atoms with E-state index in [4.69, 9.17) is 0 Å². The molecule has 0 spiro atoms. The molecule has 0 heterocycles. The predicted molar refractivity (Wildman–Crippen MR) is 101 cm³/mol. The van der Waals surface area contributed by atoms with E-state index >= 15 is 0 Å². The van der Waals surface area contributed by atoms with Crippen LogP contribution in [0.1, 0.15) is 24.5 Å². The van der Waals surface area contributed by atoms with Crippen LogP contribution in [-0.2, 0) is 21.4 Å². The number of anilines is 1. The van der Waals surface area contributed by atoms with Gasteiger partial charge in [-0.05, 0) is 48.7 Å². The number of nitrogens with zero attached hydrogens (tertiary/aromatic N) is 1. The summed E-state index contributed by atoms with van der Waals surface area (Å²) in [6.07, 6.45) is 1.40. The third-order valence-electron chi connectivity index (χ3n) is 3.97. The zero-order valence-electron chi connectivity index (χ0n) is 15.1. The summed E-state index contributed by atoms with van der Waals surface area (Å²) in [6, 6.07) is 11.9. The molecule has 0 fully saturated rings. The molecule has 0 bridgehead atoms. The average molecular weight is 378 g/mol. The minimum Gasteiger partial charge on any atom is -0.350 e. The number of sulfonamides is 1. The first kappa shape index (κ1) is 19.9. The van der Waals surface area contributed by atoms with Crippen LogP contribution < -0.4 is 9.62 Å². The quantitative estimate of drug-likeness (QED) is 0.805. The maximum Gasteiger partial charge on any atom is 0.244 e. The Kier molecular flexibility index (Phi) is 6.37. The van der Waals surface area contributed by atoms with Gasteiger partial charge in [-0.3, -0.25) is 9.10 Å². The predicted octanol–water partition coefficient (Wildman–Crippen LogP) is 3.00. The smallest absolute Gasteiger partial charge is 0.244 e. The zero-order chi connectivity index (χ0) is 19.3. The van der Waals surface area contributed by atoms with Gasteiger partial charge >= 0.3 is 0 Å². The molecule has 0 radical (unpaired) electrons. The molecule has 0 saturated heterocycles. The second-order valence-electron chi connectivity index (χ2n) is 6.17. The Hall–Kier alpha value is -2.41. The highest BCUT2D eigenvalue weighted by molar-refractivity contribution is 7.92. The van der Waals surface area contributed by atoms with Crippen molar-refractivity contribution < 1.29 is 17.6 Å². The molecule has 0 aliphatic carbocycles. The van der Waals surface area contributed by atoms with E-state index in [9.17, 15) is 17.6 Å². The van der Waals surface area contributed by atoms with Crippen molar-refractivity contribution in [1.29, 1.82) is 0 Å². The van der Waals surface area contributed by atoms with Gasteiger partial charge in [0.25, 0.3) is 0 Å². The number of benzene rings is 2. The van der Waals surface area contributed by atoms with E-state index in [0.717, 1.165) is 21.7 Å². The number of hydrogen-bond acceptors (Lipinski definition) is 3. The first-order valence-electron chi connectivity index (χ1n) is 8.30. The number of carbonyl (C=O) groups is 1. The van der Waals surface area contributed by atoms with Gasteiger partial charge in [-0.1, -0.05) is 31.2 Å². The van der Waals surface area contributed by atoms with E-state index in [-0.39, 0.29) is 12.4 Å². The molecule has 2 aromatic carbocycles. The highest BCUT2D eigenvalue weighted by Gasteiger charge is 2.31. The van der Waals surface area contributed by atoms with Gasteiger partial charge in [0.1, 0.15) is 11.9 Å². The van der Waals surface area contributed by atoms with Crippen LogP contribution in [0.15, 0.2) is 48.5 Å². The van der Waals surface area contributed by atoms with E-state index in [1.165, 1.54) is 12.1 Å². The Bertz CT molecular complexity index is 867. The van der Waals surface area contributed by atoms with Crippen molar-refractivity contribution >= 4 is 21.6 Å². The first-order chi connectivity index (χ1) is 12.2. The number of nitrogens with one attached hydrogen (secondary N) is 1. The third-order valence-corrected chi connectivity index (χ3v) is 5.15. The Balaban J connectivity index is 2.23. The molecule has 0 aromatic heterocycles. The Morgan fingerprint density at radius 1 is 1.19 bits per heavy atom. The van der Waals surface area contributed by atoms with Crippen molar-refractivity contribution in [3.8, 4) is 0 Å². The molecule has 0 aliphatic heterocycles. The molecule has 1 atom stereocenters. The van der Waals surface area contributed by atoms with Crippen LogP contribution >= 0.6 is 0 Å². The topological polar surface area (TPSA) is 66.5 Å². The SMILES string of the molecule is CC[C@H](C(=O)NCc1ccc(F)cc1)N(c1cccc(C)c1)S(C)(=O)=O. The molecule has 0 saturated carbocycles. The summed E-state index contributed by atoms with van der Waals surface area (Å²) in [4.78, 5) is 12.7. The van der Waals surface area contributed by atoms with Gasteiger partial charge in [-0.15, -0.1) is 0 Å². The van der Waals surface area contributed by atoms with E-state index in [2.05, 4.69) is 5.32 Å². The van der Waals surface area contributed by atoms with Gasteiger partial charge < -0.3 is 5.32 Å². The van der Waals surface area contributed by atoms with Gasteiger partial charge in [-0.2, -0.15) is 0 Å².